The first kappa shape index (κ1) is 21.3. The predicted molar refractivity (Wildman–Crippen MR) is 99.3 cm³/mol. The van der Waals surface area contributed by atoms with Gasteiger partial charge in [0.15, 0.2) is 0 Å². The Morgan fingerprint density at radius 2 is 0.955 bits per heavy atom. The van der Waals surface area contributed by atoms with Crippen LogP contribution >= 0.6 is 0 Å². The van der Waals surface area contributed by atoms with Crippen molar-refractivity contribution in [3.05, 3.63) is 12.5 Å². The van der Waals surface area contributed by atoms with Crippen molar-refractivity contribution < 1.29 is 5.11 Å². The minimum absolute atomic E-state index is 0.982. The molecule has 0 saturated carbocycles. The standard InChI is InChI=1S/C20H41NO/c1-2-3-4-5-6-7-8-9-10-11-12-13-14-15-16-17-18-21-19-20-22/h19-22H,2-18H2,1H3. The lowest BCUT2D eigenvalue weighted by atomic mass is 10.0. The van der Waals surface area contributed by atoms with Gasteiger partial charge in [-0.1, -0.05) is 103 Å². The number of unbranched alkanes of at least 4 members (excludes halogenated alkanes) is 15. The molecule has 0 aliphatic carbocycles. The zero-order chi connectivity index (χ0) is 16.1. The Morgan fingerprint density at radius 3 is 1.32 bits per heavy atom. The van der Waals surface area contributed by atoms with E-state index in [4.69, 9.17) is 5.11 Å². The molecular weight excluding hydrogens is 270 g/mol. The van der Waals surface area contributed by atoms with Gasteiger partial charge in [0.1, 0.15) is 0 Å². The highest BCUT2D eigenvalue weighted by Crippen LogP contribution is 2.13. The highest BCUT2D eigenvalue weighted by Gasteiger charge is 1.94. The summed E-state index contributed by atoms with van der Waals surface area (Å²) in [6.45, 7) is 3.27. The third-order valence-corrected chi connectivity index (χ3v) is 4.37. The molecule has 0 spiro atoms. The summed E-state index contributed by atoms with van der Waals surface area (Å²) < 4.78 is 0. The summed E-state index contributed by atoms with van der Waals surface area (Å²) in [4.78, 5) is 0. The summed E-state index contributed by atoms with van der Waals surface area (Å²) >= 11 is 0. The molecule has 0 aliphatic rings. The molecule has 2 heteroatoms. The maximum atomic E-state index is 8.46. The molecule has 132 valence electrons. The summed E-state index contributed by atoms with van der Waals surface area (Å²) in [7, 11) is 0. The van der Waals surface area contributed by atoms with E-state index >= 15 is 0 Å². The van der Waals surface area contributed by atoms with Crippen molar-refractivity contribution in [3.8, 4) is 0 Å². The Kier molecular flexibility index (Phi) is 19.7. The van der Waals surface area contributed by atoms with Crippen LogP contribution in [0.15, 0.2) is 12.5 Å². The van der Waals surface area contributed by atoms with Crippen LogP contribution in [0.3, 0.4) is 0 Å². The average molecular weight is 312 g/mol. The molecule has 0 aromatic rings. The average Bonchev–Trinajstić information content (AvgIpc) is 2.54. The van der Waals surface area contributed by atoms with Crippen molar-refractivity contribution in [1.82, 2.24) is 5.32 Å². The molecular formula is C20H41NO. The van der Waals surface area contributed by atoms with Gasteiger partial charge < -0.3 is 10.4 Å². The zero-order valence-corrected chi connectivity index (χ0v) is 15.1. The summed E-state index contributed by atoms with van der Waals surface area (Å²) in [5.74, 6) is 0. The second-order valence-electron chi connectivity index (χ2n) is 6.57. The van der Waals surface area contributed by atoms with Gasteiger partial charge >= 0.3 is 0 Å². The van der Waals surface area contributed by atoms with E-state index in [-0.39, 0.29) is 0 Å². The van der Waals surface area contributed by atoms with Gasteiger partial charge in [0, 0.05) is 12.7 Å². The van der Waals surface area contributed by atoms with E-state index in [9.17, 15) is 0 Å². The van der Waals surface area contributed by atoms with Gasteiger partial charge in [-0.15, -0.1) is 0 Å². The predicted octanol–water partition coefficient (Wildman–Crippen LogP) is 6.87. The Hall–Kier alpha value is -0.660. The Labute approximate surface area is 139 Å². The highest BCUT2D eigenvalue weighted by molar-refractivity contribution is 4.67. The van der Waals surface area contributed by atoms with E-state index in [2.05, 4.69) is 12.2 Å². The van der Waals surface area contributed by atoms with Gasteiger partial charge in [0.05, 0.1) is 6.26 Å². The molecule has 2 nitrogen and oxygen atoms in total. The molecule has 0 rings (SSSR count). The number of aliphatic hydroxyl groups is 1. The van der Waals surface area contributed by atoms with Crippen LogP contribution in [0.5, 0.6) is 0 Å². The molecule has 0 bridgehead atoms. The second kappa shape index (κ2) is 20.3. The first-order valence-corrected chi connectivity index (χ1v) is 9.94. The molecule has 0 aromatic heterocycles. The number of aliphatic hydroxyl groups excluding tert-OH is 1. The van der Waals surface area contributed by atoms with Gasteiger partial charge in [-0.2, -0.15) is 0 Å². The van der Waals surface area contributed by atoms with Gasteiger partial charge in [-0.25, -0.2) is 0 Å². The van der Waals surface area contributed by atoms with Crippen molar-refractivity contribution in [2.24, 2.45) is 0 Å². The van der Waals surface area contributed by atoms with Crippen LogP contribution < -0.4 is 5.32 Å². The Morgan fingerprint density at radius 1 is 0.591 bits per heavy atom. The lowest BCUT2D eigenvalue weighted by Gasteiger charge is -2.03. The van der Waals surface area contributed by atoms with E-state index in [0.29, 0.717) is 0 Å². The lowest BCUT2D eigenvalue weighted by molar-refractivity contribution is 0.467. The number of hydrogen-bond acceptors (Lipinski definition) is 2. The number of rotatable bonds is 18. The fourth-order valence-electron chi connectivity index (χ4n) is 2.91. The van der Waals surface area contributed by atoms with Crippen LogP contribution in [-0.4, -0.2) is 11.7 Å². The van der Waals surface area contributed by atoms with E-state index in [1.165, 1.54) is 103 Å². The number of nitrogens with one attached hydrogen (secondary N) is 1. The van der Waals surface area contributed by atoms with Gasteiger partial charge in [-0.05, 0) is 6.42 Å². The first-order chi connectivity index (χ1) is 10.9. The Bertz CT molecular complexity index is 216. The quantitative estimate of drug-likeness (QED) is 0.214. The molecule has 2 N–H and O–H groups in total. The lowest BCUT2D eigenvalue weighted by Crippen LogP contribution is -2.06. The second-order valence-corrected chi connectivity index (χ2v) is 6.57. The first-order valence-electron chi connectivity index (χ1n) is 9.94. The molecule has 0 unspecified atom stereocenters. The van der Waals surface area contributed by atoms with Gasteiger partial charge in [0.25, 0.3) is 0 Å². The molecule has 0 aromatic carbocycles. The van der Waals surface area contributed by atoms with Crippen LogP contribution in [-0.2, 0) is 0 Å². The van der Waals surface area contributed by atoms with Crippen LogP contribution in [0.4, 0.5) is 0 Å². The van der Waals surface area contributed by atoms with Crippen LogP contribution in [0.25, 0.3) is 0 Å². The fraction of sp³-hybridized carbons (Fsp3) is 0.900. The molecule has 0 fully saturated rings. The summed E-state index contributed by atoms with van der Waals surface area (Å²) in [5.41, 5.74) is 0. The van der Waals surface area contributed by atoms with Crippen molar-refractivity contribution in [3.63, 3.8) is 0 Å². The van der Waals surface area contributed by atoms with Crippen LogP contribution in [0.2, 0.25) is 0 Å². The summed E-state index contributed by atoms with van der Waals surface area (Å²) in [5, 5.41) is 11.5. The van der Waals surface area contributed by atoms with Crippen molar-refractivity contribution >= 4 is 0 Å². The van der Waals surface area contributed by atoms with Crippen molar-refractivity contribution in [1.29, 1.82) is 0 Å². The van der Waals surface area contributed by atoms with E-state index in [1.54, 1.807) is 6.20 Å². The molecule has 0 amide bonds. The number of hydrogen-bond donors (Lipinski definition) is 2. The summed E-state index contributed by atoms with van der Waals surface area (Å²) in [6, 6.07) is 0. The van der Waals surface area contributed by atoms with E-state index in [1.807, 2.05) is 0 Å². The smallest absolute Gasteiger partial charge is 0.0948 e. The van der Waals surface area contributed by atoms with Crippen LogP contribution in [0.1, 0.15) is 110 Å². The maximum absolute atomic E-state index is 8.46. The molecule has 0 atom stereocenters. The molecule has 22 heavy (non-hydrogen) atoms. The van der Waals surface area contributed by atoms with Gasteiger partial charge in [0.2, 0.25) is 0 Å². The normalized spacial score (nSPS) is 11.3. The van der Waals surface area contributed by atoms with E-state index < -0.39 is 0 Å². The fourth-order valence-corrected chi connectivity index (χ4v) is 2.91. The third kappa shape index (κ3) is 19.3. The molecule has 0 aliphatic heterocycles. The van der Waals surface area contributed by atoms with Crippen molar-refractivity contribution in [2.45, 2.75) is 110 Å². The molecule has 0 radical (unpaired) electrons. The molecule has 0 heterocycles. The summed E-state index contributed by atoms with van der Waals surface area (Å²) in [6.07, 6.45) is 25.2. The van der Waals surface area contributed by atoms with E-state index in [0.717, 1.165) is 12.8 Å². The molecule has 0 saturated heterocycles. The van der Waals surface area contributed by atoms with Gasteiger partial charge in [-0.3, -0.25) is 0 Å². The van der Waals surface area contributed by atoms with Crippen LogP contribution in [0, 0.1) is 0 Å². The Balaban J connectivity index is 2.94. The SMILES string of the molecule is CCCCCCCCCCCCCCCCCCNC=CO. The maximum Gasteiger partial charge on any atom is 0.0948 e. The monoisotopic (exact) mass is 311 g/mol. The zero-order valence-electron chi connectivity index (χ0n) is 15.1. The minimum Gasteiger partial charge on any atom is -0.514 e. The third-order valence-electron chi connectivity index (χ3n) is 4.37. The minimum atomic E-state index is 0.982. The van der Waals surface area contributed by atoms with Crippen molar-refractivity contribution in [2.75, 3.05) is 6.54 Å². The highest BCUT2D eigenvalue weighted by atomic mass is 16.2. The topological polar surface area (TPSA) is 32.3 Å². The largest absolute Gasteiger partial charge is 0.514 e.